The van der Waals surface area contributed by atoms with Crippen LogP contribution >= 0.6 is 0 Å². The van der Waals surface area contributed by atoms with Crippen molar-refractivity contribution < 1.29 is 9.53 Å². The summed E-state index contributed by atoms with van der Waals surface area (Å²) in [7, 11) is 1.49. The summed E-state index contributed by atoms with van der Waals surface area (Å²) < 4.78 is 5.15. The molecule has 2 aromatic rings. The first-order chi connectivity index (χ1) is 12.7. The van der Waals surface area contributed by atoms with E-state index in [4.69, 9.17) is 4.74 Å². The molecule has 0 spiro atoms. The minimum Gasteiger partial charge on any atom is -0.468 e. The highest BCUT2D eigenvalue weighted by Crippen LogP contribution is 2.55. The highest BCUT2D eigenvalue weighted by Gasteiger charge is 2.62. The zero-order chi connectivity index (χ0) is 18.0. The molecule has 2 heterocycles. The molecule has 1 saturated heterocycles. The number of hydrogen-bond acceptors (Lipinski definition) is 5. The lowest BCUT2D eigenvalue weighted by atomic mass is 9.93. The Hall–Kier alpha value is -2.40. The lowest BCUT2D eigenvalue weighted by molar-refractivity contribution is -0.144. The van der Waals surface area contributed by atoms with Crippen molar-refractivity contribution in [2.45, 2.75) is 11.8 Å². The molecule has 0 unspecified atom stereocenters. The van der Waals surface area contributed by atoms with Gasteiger partial charge in [-0.15, -0.1) is 0 Å². The van der Waals surface area contributed by atoms with E-state index in [9.17, 15) is 4.79 Å². The molecule has 4 rings (SSSR count). The van der Waals surface area contributed by atoms with E-state index < -0.39 is 5.41 Å². The van der Waals surface area contributed by atoms with Gasteiger partial charge in [0, 0.05) is 38.9 Å². The largest absolute Gasteiger partial charge is 0.468 e. The molecular weight excluding hydrogens is 326 g/mol. The van der Waals surface area contributed by atoms with Crippen molar-refractivity contribution in [3.05, 3.63) is 60.3 Å². The van der Waals surface area contributed by atoms with E-state index in [2.05, 4.69) is 33.0 Å². The van der Waals surface area contributed by atoms with Crippen LogP contribution in [0.1, 0.15) is 12.0 Å². The second kappa shape index (κ2) is 7.08. The van der Waals surface area contributed by atoms with Crippen LogP contribution in [-0.2, 0) is 14.9 Å². The van der Waals surface area contributed by atoms with Crippen LogP contribution in [0.4, 0.5) is 5.82 Å². The molecule has 1 aliphatic carbocycles. The Kier molecular flexibility index (Phi) is 4.64. The number of methoxy groups -OCH3 is 1. The molecule has 5 heteroatoms. The number of piperazine rings is 1. The van der Waals surface area contributed by atoms with E-state index >= 15 is 0 Å². The van der Waals surface area contributed by atoms with Gasteiger partial charge in [-0.25, -0.2) is 4.98 Å². The lowest BCUT2D eigenvalue weighted by Crippen LogP contribution is -2.47. The van der Waals surface area contributed by atoms with Gasteiger partial charge in [-0.05, 0) is 30.0 Å². The Bertz CT molecular complexity index is 744. The summed E-state index contributed by atoms with van der Waals surface area (Å²) in [6, 6.07) is 16.1. The smallest absolute Gasteiger partial charge is 0.316 e. The SMILES string of the molecule is COC(=O)[C@]1(c2ccccc2)C[C@@H]1CN1CCN(c2ccccn2)CC1. The number of carbonyl (C=O) groups is 1. The molecule has 1 aliphatic heterocycles. The topological polar surface area (TPSA) is 45.7 Å². The average Bonchev–Trinajstić information content (AvgIpc) is 3.44. The molecule has 2 aliphatic rings. The zero-order valence-corrected chi connectivity index (χ0v) is 15.2. The van der Waals surface area contributed by atoms with Crippen LogP contribution in [0.15, 0.2) is 54.7 Å². The van der Waals surface area contributed by atoms with Gasteiger partial charge in [0.05, 0.1) is 12.5 Å². The second-order valence-corrected chi connectivity index (χ2v) is 7.21. The maximum atomic E-state index is 12.5. The summed E-state index contributed by atoms with van der Waals surface area (Å²) >= 11 is 0. The van der Waals surface area contributed by atoms with Gasteiger partial charge in [0.2, 0.25) is 0 Å². The maximum absolute atomic E-state index is 12.5. The molecular formula is C21H25N3O2. The highest BCUT2D eigenvalue weighted by atomic mass is 16.5. The van der Waals surface area contributed by atoms with E-state index in [1.807, 2.05) is 36.5 Å². The maximum Gasteiger partial charge on any atom is 0.316 e. The zero-order valence-electron chi connectivity index (χ0n) is 15.2. The minimum atomic E-state index is -0.450. The predicted molar refractivity (Wildman–Crippen MR) is 101 cm³/mol. The van der Waals surface area contributed by atoms with Crippen LogP contribution in [0, 0.1) is 5.92 Å². The van der Waals surface area contributed by atoms with Crippen molar-refractivity contribution in [1.29, 1.82) is 0 Å². The fourth-order valence-electron chi connectivity index (χ4n) is 4.20. The Morgan fingerprint density at radius 2 is 1.85 bits per heavy atom. The number of esters is 1. The standard InChI is InChI=1S/C21H25N3O2/c1-26-20(25)21(17-7-3-2-4-8-17)15-18(21)16-23-11-13-24(14-12-23)19-9-5-6-10-22-19/h2-10,18H,11-16H2,1H3/t18-,21+/m1/s1. The molecule has 1 saturated carbocycles. The van der Waals surface area contributed by atoms with Crippen molar-refractivity contribution in [2.75, 3.05) is 44.7 Å². The number of carbonyl (C=O) groups excluding carboxylic acids is 1. The lowest BCUT2D eigenvalue weighted by Gasteiger charge is -2.35. The van der Waals surface area contributed by atoms with E-state index in [0.717, 1.165) is 50.5 Å². The molecule has 26 heavy (non-hydrogen) atoms. The van der Waals surface area contributed by atoms with Crippen molar-refractivity contribution in [3.63, 3.8) is 0 Å². The molecule has 1 aromatic heterocycles. The first kappa shape index (κ1) is 17.0. The highest BCUT2D eigenvalue weighted by molar-refractivity contribution is 5.87. The fraction of sp³-hybridized carbons (Fsp3) is 0.429. The molecule has 0 amide bonds. The molecule has 2 fully saturated rings. The van der Waals surface area contributed by atoms with Crippen molar-refractivity contribution >= 4 is 11.8 Å². The van der Waals surface area contributed by atoms with Gasteiger partial charge in [0.1, 0.15) is 5.82 Å². The van der Waals surface area contributed by atoms with Crippen LogP contribution < -0.4 is 4.90 Å². The van der Waals surface area contributed by atoms with Crippen LogP contribution in [0.5, 0.6) is 0 Å². The van der Waals surface area contributed by atoms with Crippen LogP contribution in [0.2, 0.25) is 0 Å². The Balaban J connectivity index is 1.39. The summed E-state index contributed by atoms with van der Waals surface area (Å²) in [6.07, 6.45) is 2.72. The molecule has 0 bridgehead atoms. The van der Waals surface area contributed by atoms with Gasteiger partial charge < -0.3 is 9.64 Å². The Morgan fingerprint density at radius 3 is 2.50 bits per heavy atom. The first-order valence-electron chi connectivity index (χ1n) is 9.26. The predicted octanol–water partition coefficient (Wildman–Crippen LogP) is 2.33. The average molecular weight is 351 g/mol. The van der Waals surface area contributed by atoms with Gasteiger partial charge in [-0.1, -0.05) is 36.4 Å². The fourth-order valence-corrected chi connectivity index (χ4v) is 4.20. The van der Waals surface area contributed by atoms with Crippen molar-refractivity contribution in [2.24, 2.45) is 5.92 Å². The quantitative estimate of drug-likeness (QED) is 0.774. The monoisotopic (exact) mass is 351 g/mol. The minimum absolute atomic E-state index is 0.0965. The molecule has 1 aromatic carbocycles. The molecule has 0 radical (unpaired) electrons. The van der Waals surface area contributed by atoms with Gasteiger partial charge in [-0.3, -0.25) is 9.69 Å². The molecule has 2 atom stereocenters. The van der Waals surface area contributed by atoms with Gasteiger partial charge >= 0.3 is 5.97 Å². The summed E-state index contributed by atoms with van der Waals surface area (Å²) in [5.74, 6) is 1.28. The third-order valence-electron chi connectivity index (χ3n) is 5.77. The van der Waals surface area contributed by atoms with E-state index in [-0.39, 0.29) is 5.97 Å². The summed E-state index contributed by atoms with van der Waals surface area (Å²) in [5.41, 5.74) is 0.637. The third kappa shape index (κ3) is 3.07. The number of benzene rings is 1. The van der Waals surface area contributed by atoms with E-state index in [1.54, 1.807) is 0 Å². The number of rotatable bonds is 5. The number of nitrogens with zero attached hydrogens (tertiary/aromatic N) is 3. The summed E-state index contributed by atoms with van der Waals surface area (Å²) in [5, 5.41) is 0. The van der Waals surface area contributed by atoms with Crippen LogP contribution in [0.3, 0.4) is 0 Å². The van der Waals surface area contributed by atoms with Gasteiger partial charge in [0.15, 0.2) is 0 Å². The van der Waals surface area contributed by atoms with Gasteiger partial charge in [0.25, 0.3) is 0 Å². The number of pyridine rings is 1. The molecule has 5 nitrogen and oxygen atoms in total. The van der Waals surface area contributed by atoms with Crippen LogP contribution in [-0.4, -0.2) is 55.7 Å². The van der Waals surface area contributed by atoms with E-state index in [1.165, 1.54) is 7.11 Å². The first-order valence-corrected chi connectivity index (χ1v) is 9.26. The summed E-state index contributed by atoms with van der Waals surface area (Å²) in [6.45, 7) is 4.89. The van der Waals surface area contributed by atoms with Crippen molar-refractivity contribution in [3.8, 4) is 0 Å². The number of hydrogen-bond donors (Lipinski definition) is 0. The van der Waals surface area contributed by atoms with Gasteiger partial charge in [-0.2, -0.15) is 0 Å². The van der Waals surface area contributed by atoms with E-state index in [0.29, 0.717) is 5.92 Å². The number of anilines is 1. The number of aromatic nitrogens is 1. The normalized spacial score (nSPS) is 25.7. The molecule has 136 valence electrons. The third-order valence-corrected chi connectivity index (χ3v) is 5.77. The number of ether oxygens (including phenoxy) is 1. The second-order valence-electron chi connectivity index (χ2n) is 7.21. The molecule has 0 N–H and O–H groups in total. The van der Waals surface area contributed by atoms with Crippen LogP contribution in [0.25, 0.3) is 0 Å². The Labute approximate surface area is 154 Å². The van der Waals surface area contributed by atoms with Crippen molar-refractivity contribution in [1.82, 2.24) is 9.88 Å². The Morgan fingerprint density at radius 1 is 1.12 bits per heavy atom. The summed E-state index contributed by atoms with van der Waals surface area (Å²) in [4.78, 5) is 21.8.